The molecular formula is C21H25NO6. The van der Waals surface area contributed by atoms with Gasteiger partial charge in [-0.15, -0.1) is 0 Å². The SMILES string of the molecule is COc1cc(CCC(=O)OCC(=O)N(C)c2ccccc2)cc(OC)c1OC. The minimum atomic E-state index is -0.455. The van der Waals surface area contributed by atoms with Crippen LogP contribution in [0, 0.1) is 0 Å². The van der Waals surface area contributed by atoms with Gasteiger partial charge in [0.1, 0.15) is 0 Å². The predicted molar refractivity (Wildman–Crippen MR) is 105 cm³/mol. The predicted octanol–water partition coefficient (Wildman–Crippen LogP) is 2.85. The maximum atomic E-state index is 12.2. The first kappa shape index (κ1) is 21.1. The van der Waals surface area contributed by atoms with Crippen molar-refractivity contribution in [3.05, 3.63) is 48.0 Å². The number of para-hydroxylation sites is 1. The second kappa shape index (κ2) is 10.2. The molecule has 0 atom stereocenters. The molecule has 2 aromatic rings. The molecule has 28 heavy (non-hydrogen) atoms. The second-order valence-electron chi connectivity index (χ2n) is 5.98. The molecule has 0 radical (unpaired) electrons. The van der Waals surface area contributed by atoms with Crippen molar-refractivity contribution in [1.29, 1.82) is 0 Å². The third-order valence-corrected chi connectivity index (χ3v) is 4.22. The molecule has 2 rings (SSSR count). The summed E-state index contributed by atoms with van der Waals surface area (Å²) in [5.41, 5.74) is 1.57. The molecule has 1 amide bonds. The van der Waals surface area contributed by atoms with Gasteiger partial charge in [-0.3, -0.25) is 9.59 Å². The van der Waals surface area contributed by atoms with Crippen LogP contribution >= 0.6 is 0 Å². The Balaban J connectivity index is 1.89. The molecule has 0 spiro atoms. The van der Waals surface area contributed by atoms with E-state index in [4.69, 9.17) is 18.9 Å². The van der Waals surface area contributed by atoms with E-state index in [9.17, 15) is 9.59 Å². The quantitative estimate of drug-likeness (QED) is 0.616. The maximum Gasteiger partial charge on any atom is 0.306 e. The van der Waals surface area contributed by atoms with E-state index in [2.05, 4.69) is 0 Å². The minimum Gasteiger partial charge on any atom is -0.493 e. The molecule has 0 aromatic heterocycles. The minimum absolute atomic E-state index is 0.126. The van der Waals surface area contributed by atoms with Gasteiger partial charge in [0.05, 0.1) is 21.3 Å². The Morgan fingerprint density at radius 2 is 1.54 bits per heavy atom. The van der Waals surface area contributed by atoms with E-state index in [0.717, 1.165) is 11.3 Å². The Labute approximate surface area is 164 Å². The number of amides is 1. The number of ether oxygens (including phenoxy) is 4. The van der Waals surface area contributed by atoms with Gasteiger partial charge in [-0.25, -0.2) is 0 Å². The molecule has 0 heterocycles. The molecule has 7 nitrogen and oxygen atoms in total. The molecule has 0 saturated carbocycles. The number of nitrogens with zero attached hydrogens (tertiary/aromatic N) is 1. The van der Waals surface area contributed by atoms with Crippen LogP contribution in [0.5, 0.6) is 17.2 Å². The molecule has 0 N–H and O–H groups in total. The van der Waals surface area contributed by atoms with E-state index < -0.39 is 5.97 Å². The molecule has 0 saturated heterocycles. The van der Waals surface area contributed by atoms with E-state index in [1.165, 1.54) is 26.2 Å². The van der Waals surface area contributed by atoms with Crippen molar-refractivity contribution in [3.63, 3.8) is 0 Å². The number of aryl methyl sites for hydroxylation is 1. The summed E-state index contributed by atoms with van der Waals surface area (Å²) in [6.07, 6.45) is 0.541. The molecule has 0 aliphatic heterocycles. The molecule has 7 heteroatoms. The molecule has 150 valence electrons. The Kier molecular flexibility index (Phi) is 7.68. The van der Waals surface area contributed by atoms with Gasteiger partial charge in [-0.2, -0.15) is 0 Å². The highest BCUT2D eigenvalue weighted by atomic mass is 16.5. The number of likely N-dealkylation sites (N-methyl/N-ethyl adjacent to an activating group) is 1. The number of hydrogen-bond donors (Lipinski definition) is 0. The number of anilines is 1. The average molecular weight is 387 g/mol. The topological polar surface area (TPSA) is 74.3 Å². The largest absolute Gasteiger partial charge is 0.493 e. The summed E-state index contributed by atoms with van der Waals surface area (Å²) < 4.78 is 21.0. The lowest BCUT2D eigenvalue weighted by Gasteiger charge is -2.17. The van der Waals surface area contributed by atoms with Gasteiger partial charge < -0.3 is 23.8 Å². The van der Waals surface area contributed by atoms with Crippen LogP contribution in [0.2, 0.25) is 0 Å². The van der Waals surface area contributed by atoms with Gasteiger partial charge in [0.15, 0.2) is 18.1 Å². The zero-order valence-electron chi connectivity index (χ0n) is 16.6. The lowest BCUT2D eigenvalue weighted by atomic mass is 10.1. The number of carbonyl (C=O) groups is 2. The van der Waals surface area contributed by atoms with Crippen LogP contribution in [0.25, 0.3) is 0 Å². The first-order chi connectivity index (χ1) is 13.5. The summed E-state index contributed by atoms with van der Waals surface area (Å²) in [4.78, 5) is 25.6. The van der Waals surface area contributed by atoms with Gasteiger partial charge in [0.25, 0.3) is 5.91 Å². The molecule has 0 fully saturated rings. The van der Waals surface area contributed by atoms with Crippen LogP contribution in [0.15, 0.2) is 42.5 Å². The standard InChI is InChI=1S/C21H25NO6/c1-22(16-8-6-5-7-9-16)19(23)14-28-20(24)11-10-15-12-17(25-2)21(27-4)18(13-15)26-3/h5-9,12-13H,10-11,14H2,1-4H3. The molecule has 0 aliphatic rings. The summed E-state index contributed by atoms with van der Waals surface area (Å²) in [6.45, 7) is -0.306. The highest BCUT2D eigenvalue weighted by Crippen LogP contribution is 2.38. The highest BCUT2D eigenvalue weighted by Gasteiger charge is 2.16. The summed E-state index contributed by atoms with van der Waals surface area (Å²) in [5.74, 6) is 0.775. The van der Waals surface area contributed by atoms with Gasteiger partial charge in [-0.1, -0.05) is 18.2 Å². The van der Waals surface area contributed by atoms with Crippen LogP contribution < -0.4 is 19.1 Å². The van der Waals surface area contributed by atoms with Crippen LogP contribution in [0.3, 0.4) is 0 Å². The number of benzene rings is 2. The fourth-order valence-electron chi connectivity index (χ4n) is 2.63. The summed E-state index contributed by atoms with van der Waals surface area (Å²) in [7, 11) is 6.23. The number of methoxy groups -OCH3 is 3. The van der Waals surface area contributed by atoms with Crippen molar-refractivity contribution in [2.75, 3.05) is 39.9 Å². The zero-order chi connectivity index (χ0) is 20.5. The van der Waals surface area contributed by atoms with Crippen molar-refractivity contribution in [1.82, 2.24) is 0 Å². The van der Waals surface area contributed by atoms with Gasteiger partial charge >= 0.3 is 5.97 Å². The Bertz CT molecular complexity index is 781. The van der Waals surface area contributed by atoms with Gasteiger partial charge in [0, 0.05) is 19.2 Å². The van der Waals surface area contributed by atoms with E-state index in [0.29, 0.717) is 23.7 Å². The normalized spacial score (nSPS) is 10.1. The first-order valence-electron chi connectivity index (χ1n) is 8.76. The van der Waals surface area contributed by atoms with Gasteiger partial charge in [-0.05, 0) is 36.2 Å². The van der Waals surface area contributed by atoms with Crippen LogP contribution in [0.1, 0.15) is 12.0 Å². The third kappa shape index (κ3) is 5.39. The summed E-state index contributed by atoms with van der Waals surface area (Å²) >= 11 is 0. The zero-order valence-corrected chi connectivity index (χ0v) is 16.6. The van der Waals surface area contributed by atoms with E-state index in [1.807, 2.05) is 30.3 Å². The summed E-state index contributed by atoms with van der Waals surface area (Å²) in [6, 6.07) is 12.7. The average Bonchev–Trinajstić information content (AvgIpc) is 2.74. The van der Waals surface area contributed by atoms with E-state index >= 15 is 0 Å². The van der Waals surface area contributed by atoms with Crippen molar-refractivity contribution in [2.24, 2.45) is 0 Å². The Morgan fingerprint density at radius 3 is 2.07 bits per heavy atom. The first-order valence-corrected chi connectivity index (χ1v) is 8.76. The molecule has 2 aromatic carbocycles. The van der Waals surface area contributed by atoms with Crippen molar-refractivity contribution < 1.29 is 28.5 Å². The van der Waals surface area contributed by atoms with Crippen molar-refractivity contribution in [3.8, 4) is 17.2 Å². The molecular weight excluding hydrogens is 362 g/mol. The maximum absolute atomic E-state index is 12.2. The number of esters is 1. The monoisotopic (exact) mass is 387 g/mol. The Hall–Kier alpha value is -3.22. The molecule has 0 bridgehead atoms. The van der Waals surface area contributed by atoms with E-state index in [1.54, 1.807) is 19.2 Å². The number of carbonyl (C=O) groups excluding carboxylic acids is 2. The van der Waals surface area contributed by atoms with Crippen molar-refractivity contribution in [2.45, 2.75) is 12.8 Å². The van der Waals surface area contributed by atoms with E-state index in [-0.39, 0.29) is 18.9 Å². The lowest BCUT2D eigenvalue weighted by Crippen LogP contribution is -2.31. The second-order valence-corrected chi connectivity index (χ2v) is 5.98. The third-order valence-electron chi connectivity index (χ3n) is 4.22. The molecule has 0 unspecified atom stereocenters. The highest BCUT2D eigenvalue weighted by molar-refractivity contribution is 5.94. The Morgan fingerprint density at radius 1 is 0.929 bits per heavy atom. The summed E-state index contributed by atoms with van der Waals surface area (Å²) in [5, 5.41) is 0. The van der Waals surface area contributed by atoms with Crippen molar-refractivity contribution >= 4 is 17.6 Å². The molecule has 0 aliphatic carbocycles. The number of hydrogen-bond acceptors (Lipinski definition) is 6. The fourth-order valence-corrected chi connectivity index (χ4v) is 2.63. The van der Waals surface area contributed by atoms with Gasteiger partial charge in [0.2, 0.25) is 5.75 Å². The van der Waals surface area contributed by atoms with Crippen LogP contribution in [-0.2, 0) is 20.7 Å². The van der Waals surface area contributed by atoms with Crippen LogP contribution in [0.4, 0.5) is 5.69 Å². The lowest BCUT2D eigenvalue weighted by molar-refractivity contribution is -0.147. The number of rotatable bonds is 9. The smallest absolute Gasteiger partial charge is 0.306 e. The van der Waals surface area contributed by atoms with Crippen LogP contribution in [-0.4, -0.2) is 46.9 Å². The fraction of sp³-hybridized carbons (Fsp3) is 0.333.